The van der Waals surface area contributed by atoms with Gasteiger partial charge in [-0.3, -0.25) is 9.59 Å². The fourth-order valence-corrected chi connectivity index (χ4v) is 4.50. The Bertz CT molecular complexity index is 798. The van der Waals surface area contributed by atoms with Crippen LogP contribution in [0, 0.1) is 18.8 Å². The average molecular weight is 369 g/mol. The molecule has 2 fully saturated rings. The smallest absolute Gasteiger partial charge is 0.263 e. The van der Waals surface area contributed by atoms with Crippen LogP contribution in [0.1, 0.15) is 39.6 Å². The normalized spacial score (nSPS) is 22.4. The third-order valence-electron chi connectivity index (χ3n) is 5.53. The summed E-state index contributed by atoms with van der Waals surface area (Å²) in [7, 11) is 0. The summed E-state index contributed by atoms with van der Waals surface area (Å²) in [4.78, 5) is 28.3. The number of benzene rings is 1. The van der Waals surface area contributed by atoms with E-state index >= 15 is 0 Å². The monoisotopic (exact) mass is 368 g/mol. The molecule has 0 unspecified atom stereocenters. The van der Waals surface area contributed by atoms with Crippen molar-refractivity contribution in [2.24, 2.45) is 11.8 Å². The highest BCUT2D eigenvalue weighted by molar-refractivity contribution is 7.12. The van der Waals surface area contributed by atoms with Crippen LogP contribution in [0.15, 0.2) is 41.8 Å². The van der Waals surface area contributed by atoms with Crippen molar-refractivity contribution >= 4 is 23.2 Å². The fraction of sp³-hybridized carbons (Fsp3) is 0.429. The van der Waals surface area contributed by atoms with E-state index in [0.717, 1.165) is 11.4 Å². The first-order chi connectivity index (χ1) is 12.6. The van der Waals surface area contributed by atoms with Crippen LogP contribution in [0.3, 0.4) is 0 Å². The molecule has 1 saturated heterocycles. The third-order valence-corrected chi connectivity index (χ3v) is 6.38. The first-order valence-corrected chi connectivity index (χ1v) is 10.2. The second kappa shape index (κ2) is 7.23. The summed E-state index contributed by atoms with van der Waals surface area (Å²) in [5.41, 5.74) is 2.36. The molecule has 1 aliphatic carbocycles. The minimum atomic E-state index is -0.182. The second-order valence-corrected chi connectivity index (χ2v) is 8.39. The van der Waals surface area contributed by atoms with Gasteiger partial charge in [0.2, 0.25) is 5.91 Å². The quantitative estimate of drug-likeness (QED) is 0.879. The number of nitrogens with one attached hydrogen (secondary N) is 1. The molecule has 0 radical (unpaired) electrons. The van der Waals surface area contributed by atoms with E-state index in [1.807, 2.05) is 34.5 Å². The number of carbonyl (C=O) groups excluding carboxylic acids is 2. The van der Waals surface area contributed by atoms with E-state index in [2.05, 4.69) is 24.4 Å². The summed E-state index contributed by atoms with van der Waals surface area (Å²) in [5.74, 6) is 0.655. The zero-order valence-electron chi connectivity index (χ0n) is 15.0. The summed E-state index contributed by atoms with van der Waals surface area (Å²) in [6, 6.07) is 12.0. The number of aryl methyl sites for hydroxylation is 1. The van der Waals surface area contributed by atoms with Crippen molar-refractivity contribution in [3.05, 3.63) is 57.8 Å². The Labute approximate surface area is 158 Å². The van der Waals surface area contributed by atoms with Crippen molar-refractivity contribution < 1.29 is 9.59 Å². The van der Waals surface area contributed by atoms with Gasteiger partial charge in [-0.05, 0) is 48.3 Å². The van der Waals surface area contributed by atoms with E-state index in [0.29, 0.717) is 19.0 Å². The molecule has 1 aromatic carbocycles. The molecule has 2 amide bonds. The molecule has 1 N–H and O–H groups in total. The summed E-state index contributed by atoms with van der Waals surface area (Å²) in [6.45, 7) is 3.95. The number of rotatable bonds is 5. The average Bonchev–Trinajstić information content (AvgIpc) is 3.13. The molecule has 136 valence electrons. The molecule has 1 aliphatic heterocycles. The predicted octanol–water partition coefficient (Wildman–Crippen LogP) is 3.44. The van der Waals surface area contributed by atoms with E-state index in [-0.39, 0.29) is 23.7 Å². The Hall–Kier alpha value is -2.14. The van der Waals surface area contributed by atoms with Gasteiger partial charge >= 0.3 is 0 Å². The summed E-state index contributed by atoms with van der Waals surface area (Å²) >= 11 is 1.46. The van der Waals surface area contributed by atoms with Gasteiger partial charge in [0, 0.05) is 25.6 Å². The van der Waals surface area contributed by atoms with Crippen molar-refractivity contribution in [1.29, 1.82) is 0 Å². The second-order valence-electron chi connectivity index (χ2n) is 7.45. The summed E-state index contributed by atoms with van der Waals surface area (Å²) < 4.78 is 0. The lowest BCUT2D eigenvalue weighted by Crippen LogP contribution is -2.36. The van der Waals surface area contributed by atoms with Crippen molar-refractivity contribution in [3.8, 4) is 0 Å². The standard InChI is InChI=1S/C21H24N2O2S/c1-14-5-2-3-6-16(14)17-12-23(21(25)19-7-4-10-26-19)13-18(17)20(24)22-11-15-8-9-15/h2-7,10,15,17-18H,8-9,11-13H2,1H3,(H,22,24)/t17-,18-/m0/s1. The summed E-state index contributed by atoms with van der Waals surface area (Å²) in [6.07, 6.45) is 2.43. The summed E-state index contributed by atoms with van der Waals surface area (Å²) in [5, 5.41) is 5.04. The molecule has 2 heterocycles. The Morgan fingerprint density at radius 3 is 2.65 bits per heavy atom. The zero-order valence-corrected chi connectivity index (χ0v) is 15.8. The maximum Gasteiger partial charge on any atom is 0.263 e. The van der Waals surface area contributed by atoms with Crippen LogP contribution in [0.2, 0.25) is 0 Å². The molecular weight excluding hydrogens is 344 g/mol. The van der Waals surface area contributed by atoms with E-state index in [9.17, 15) is 9.59 Å². The first kappa shape index (κ1) is 17.3. The fourth-order valence-electron chi connectivity index (χ4n) is 3.81. The highest BCUT2D eigenvalue weighted by Gasteiger charge is 2.41. The predicted molar refractivity (Wildman–Crippen MR) is 103 cm³/mol. The van der Waals surface area contributed by atoms with Crippen molar-refractivity contribution in [2.45, 2.75) is 25.7 Å². The molecule has 2 aromatic rings. The minimum absolute atomic E-state index is 0.0380. The van der Waals surface area contributed by atoms with Crippen LogP contribution in [0.25, 0.3) is 0 Å². The number of hydrogen-bond donors (Lipinski definition) is 1. The molecule has 26 heavy (non-hydrogen) atoms. The maximum absolute atomic E-state index is 12.9. The van der Waals surface area contributed by atoms with Gasteiger partial charge in [0.15, 0.2) is 0 Å². The maximum atomic E-state index is 12.9. The SMILES string of the molecule is Cc1ccccc1[C@@H]1CN(C(=O)c2cccs2)C[C@@H]1C(=O)NCC1CC1. The number of amides is 2. The minimum Gasteiger partial charge on any atom is -0.356 e. The van der Waals surface area contributed by atoms with Gasteiger partial charge in [-0.15, -0.1) is 11.3 Å². The number of hydrogen-bond acceptors (Lipinski definition) is 3. The Morgan fingerprint density at radius 2 is 1.96 bits per heavy atom. The molecule has 5 heteroatoms. The highest BCUT2D eigenvalue weighted by atomic mass is 32.1. The Kier molecular flexibility index (Phi) is 4.81. The molecule has 0 spiro atoms. The van der Waals surface area contributed by atoms with E-state index in [1.165, 1.54) is 35.3 Å². The van der Waals surface area contributed by atoms with Crippen LogP contribution in [0.4, 0.5) is 0 Å². The van der Waals surface area contributed by atoms with Crippen LogP contribution in [-0.4, -0.2) is 36.3 Å². The number of carbonyl (C=O) groups is 2. The lowest BCUT2D eigenvalue weighted by atomic mass is 9.86. The molecule has 1 saturated carbocycles. The van der Waals surface area contributed by atoms with Gasteiger partial charge < -0.3 is 10.2 Å². The highest BCUT2D eigenvalue weighted by Crippen LogP contribution is 2.36. The van der Waals surface area contributed by atoms with Gasteiger partial charge in [-0.2, -0.15) is 0 Å². The molecule has 2 aliphatic rings. The van der Waals surface area contributed by atoms with Crippen molar-refractivity contribution in [2.75, 3.05) is 19.6 Å². The third kappa shape index (κ3) is 3.54. The Morgan fingerprint density at radius 1 is 1.15 bits per heavy atom. The topological polar surface area (TPSA) is 49.4 Å². The largest absolute Gasteiger partial charge is 0.356 e. The van der Waals surface area contributed by atoms with Gasteiger partial charge in [-0.1, -0.05) is 30.3 Å². The van der Waals surface area contributed by atoms with Crippen molar-refractivity contribution in [3.63, 3.8) is 0 Å². The van der Waals surface area contributed by atoms with E-state index in [1.54, 1.807) is 0 Å². The molecular formula is C21H24N2O2S. The van der Waals surface area contributed by atoms with Gasteiger partial charge in [0.25, 0.3) is 5.91 Å². The van der Waals surface area contributed by atoms with Gasteiger partial charge in [-0.25, -0.2) is 0 Å². The molecule has 0 bridgehead atoms. The van der Waals surface area contributed by atoms with Crippen LogP contribution < -0.4 is 5.32 Å². The Balaban J connectivity index is 1.56. The van der Waals surface area contributed by atoms with Crippen LogP contribution in [-0.2, 0) is 4.79 Å². The first-order valence-electron chi connectivity index (χ1n) is 9.29. The van der Waals surface area contributed by atoms with Crippen LogP contribution >= 0.6 is 11.3 Å². The lowest BCUT2D eigenvalue weighted by Gasteiger charge is -2.19. The number of thiophene rings is 1. The lowest BCUT2D eigenvalue weighted by molar-refractivity contribution is -0.125. The molecule has 4 rings (SSSR count). The number of likely N-dealkylation sites (tertiary alicyclic amines) is 1. The molecule has 1 aromatic heterocycles. The van der Waals surface area contributed by atoms with E-state index < -0.39 is 0 Å². The van der Waals surface area contributed by atoms with Crippen molar-refractivity contribution in [1.82, 2.24) is 10.2 Å². The zero-order chi connectivity index (χ0) is 18.1. The molecule has 2 atom stereocenters. The van der Waals surface area contributed by atoms with Gasteiger partial charge in [0.05, 0.1) is 10.8 Å². The molecule has 4 nitrogen and oxygen atoms in total. The van der Waals surface area contributed by atoms with Gasteiger partial charge in [0.1, 0.15) is 0 Å². The number of nitrogens with zero attached hydrogens (tertiary/aromatic N) is 1. The van der Waals surface area contributed by atoms with E-state index in [4.69, 9.17) is 0 Å². The van der Waals surface area contributed by atoms with Crippen LogP contribution in [0.5, 0.6) is 0 Å².